The lowest BCUT2D eigenvalue weighted by atomic mass is 10.2. The van der Waals surface area contributed by atoms with Crippen molar-refractivity contribution in [1.82, 2.24) is 25.0 Å². The maximum absolute atomic E-state index is 5.78. The Labute approximate surface area is 102 Å². The summed E-state index contributed by atoms with van der Waals surface area (Å²) in [5, 5.41) is 7.20. The number of H-pyrrole nitrogens is 1. The van der Waals surface area contributed by atoms with Crippen molar-refractivity contribution >= 4 is 0 Å². The van der Waals surface area contributed by atoms with Crippen molar-refractivity contribution in [3.05, 3.63) is 11.6 Å². The predicted octanol–water partition coefficient (Wildman–Crippen LogP) is 0.133. The zero-order valence-corrected chi connectivity index (χ0v) is 10.8. The van der Waals surface area contributed by atoms with Crippen molar-refractivity contribution in [1.29, 1.82) is 0 Å². The van der Waals surface area contributed by atoms with Crippen LogP contribution in [0.15, 0.2) is 0 Å². The van der Waals surface area contributed by atoms with Crippen molar-refractivity contribution in [2.45, 2.75) is 25.4 Å². The lowest BCUT2D eigenvalue weighted by Crippen LogP contribution is -2.31. The first kappa shape index (κ1) is 12.5. The summed E-state index contributed by atoms with van der Waals surface area (Å²) in [6.45, 7) is 5.10. The molecular formula is C11H22N6. The van der Waals surface area contributed by atoms with Crippen molar-refractivity contribution in [3.8, 4) is 0 Å². The normalized spacial score (nSPS) is 25.8. The SMILES string of the molecule is CC(N)c1n[nH]c(C2CN(C)CCCN2C)n1. The standard InChI is InChI=1S/C11H22N6/c1-8(12)10-13-11(15-14-10)9-7-16(2)5-4-6-17(9)3/h8-9H,4-7,12H2,1-3H3,(H,13,14,15). The molecule has 6 heteroatoms. The van der Waals surface area contributed by atoms with Crippen molar-refractivity contribution in [2.75, 3.05) is 33.7 Å². The van der Waals surface area contributed by atoms with Gasteiger partial charge in [0.15, 0.2) is 5.82 Å². The van der Waals surface area contributed by atoms with E-state index in [-0.39, 0.29) is 12.1 Å². The summed E-state index contributed by atoms with van der Waals surface area (Å²) in [4.78, 5) is 9.16. The van der Waals surface area contributed by atoms with Crippen molar-refractivity contribution in [2.24, 2.45) is 5.73 Å². The first-order valence-electron chi connectivity index (χ1n) is 6.14. The van der Waals surface area contributed by atoms with Gasteiger partial charge in [-0.25, -0.2) is 4.98 Å². The zero-order valence-electron chi connectivity index (χ0n) is 10.8. The highest BCUT2D eigenvalue weighted by Crippen LogP contribution is 2.20. The highest BCUT2D eigenvalue weighted by Gasteiger charge is 2.25. The Morgan fingerprint density at radius 3 is 2.82 bits per heavy atom. The summed E-state index contributed by atoms with van der Waals surface area (Å²) in [5.74, 6) is 1.62. The van der Waals surface area contributed by atoms with Gasteiger partial charge in [-0.1, -0.05) is 0 Å². The third kappa shape index (κ3) is 2.83. The number of aromatic nitrogens is 3. The Kier molecular flexibility index (Phi) is 3.76. The van der Waals surface area contributed by atoms with Gasteiger partial charge in [-0.05, 0) is 40.5 Å². The first-order valence-corrected chi connectivity index (χ1v) is 6.14. The molecule has 2 rings (SSSR count). The minimum atomic E-state index is -0.117. The lowest BCUT2D eigenvalue weighted by Gasteiger charge is -2.25. The van der Waals surface area contributed by atoms with Crippen LogP contribution in [0.1, 0.15) is 37.1 Å². The smallest absolute Gasteiger partial charge is 0.167 e. The van der Waals surface area contributed by atoms with Crippen LogP contribution in [0.2, 0.25) is 0 Å². The van der Waals surface area contributed by atoms with E-state index < -0.39 is 0 Å². The summed E-state index contributed by atoms with van der Waals surface area (Å²) < 4.78 is 0. The molecule has 1 aromatic rings. The monoisotopic (exact) mass is 238 g/mol. The summed E-state index contributed by atoms with van der Waals surface area (Å²) in [7, 11) is 4.28. The van der Waals surface area contributed by atoms with Crippen LogP contribution in [0.4, 0.5) is 0 Å². The van der Waals surface area contributed by atoms with Gasteiger partial charge < -0.3 is 10.6 Å². The molecule has 0 bridgehead atoms. The van der Waals surface area contributed by atoms with Crippen LogP contribution in [0.5, 0.6) is 0 Å². The van der Waals surface area contributed by atoms with E-state index in [9.17, 15) is 0 Å². The minimum Gasteiger partial charge on any atom is -0.321 e. The average molecular weight is 238 g/mol. The highest BCUT2D eigenvalue weighted by atomic mass is 15.3. The zero-order chi connectivity index (χ0) is 12.4. The molecule has 17 heavy (non-hydrogen) atoms. The molecule has 0 spiro atoms. The molecule has 0 amide bonds. The number of rotatable bonds is 2. The Morgan fingerprint density at radius 1 is 1.41 bits per heavy atom. The van der Waals surface area contributed by atoms with Gasteiger partial charge in [0.05, 0.1) is 12.1 Å². The van der Waals surface area contributed by atoms with Crippen LogP contribution in [-0.4, -0.2) is 58.7 Å². The summed E-state index contributed by atoms with van der Waals surface area (Å²) in [6, 6.07) is 0.163. The number of aromatic amines is 1. The topological polar surface area (TPSA) is 74.1 Å². The molecule has 2 unspecified atom stereocenters. The minimum absolute atomic E-state index is 0.117. The van der Waals surface area contributed by atoms with Crippen LogP contribution in [-0.2, 0) is 0 Å². The lowest BCUT2D eigenvalue weighted by molar-refractivity contribution is 0.220. The molecule has 6 nitrogen and oxygen atoms in total. The molecule has 96 valence electrons. The van der Waals surface area contributed by atoms with Crippen LogP contribution in [0.3, 0.4) is 0 Å². The third-order valence-corrected chi connectivity index (χ3v) is 3.31. The van der Waals surface area contributed by atoms with E-state index >= 15 is 0 Å². The summed E-state index contributed by atoms with van der Waals surface area (Å²) in [6.07, 6.45) is 1.19. The molecule has 1 aliphatic rings. The first-order chi connectivity index (χ1) is 8.08. The molecule has 0 saturated carbocycles. The molecule has 0 radical (unpaired) electrons. The molecule has 0 aromatic carbocycles. The highest BCUT2D eigenvalue weighted by molar-refractivity contribution is 5.01. The quantitative estimate of drug-likeness (QED) is 0.766. The van der Waals surface area contributed by atoms with E-state index in [2.05, 4.69) is 39.1 Å². The predicted molar refractivity (Wildman–Crippen MR) is 66.5 cm³/mol. The van der Waals surface area contributed by atoms with Gasteiger partial charge in [-0.15, -0.1) is 0 Å². The molecule has 1 fully saturated rings. The van der Waals surface area contributed by atoms with Gasteiger partial charge >= 0.3 is 0 Å². The Morgan fingerprint density at radius 2 is 2.18 bits per heavy atom. The van der Waals surface area contributed by atoms with Crippen LogP contribution >= 0.6 is 0 Å². The number of nitrogens with zero attached hydrogens (tertiary/aromatic N) is 4. The number of hydrogen-bond donors (Lipinski definition) is 2. The summed E-state index contributed by atoms with van der Waals surface area (Å²) >= 11 is 0. The molecular weight excluding hydrogens is 216 g/mol. The van der Waals surface area contributed by atoms with E-state index in [4.69, 9.17) is 5.73 Å². The molecule has 1 aromatic heterocycles. The maximum atomic E-state index is 5.78. The van der Waals surface area contributed by atoms with Crippen molar-refractivity contribution < 1.29 is 0 Å². The number of likely N-dealkylation sites (N-methyl/N-ethyl adjacent to an activating group) is 2. The molecule has 1 saturated heterocycles. The van der Waals surface area contributed by atoms with Gasteiger partial charge in [0, 0.05) is 6.54 Å². The fourth-order valence-corrected chi connectivity index (χ4v) is 2.21. The number of nitrogens with one attached hydrogen (secondary N) is 1. The van der Waals surface area contributed by atoms with Gasteiger partial charge in [0.25, 0.3) is 0 Å². The maximum Gasteiger partial charge on any atom is 0.167 e. The second kappa shape index (κ2) is 5.12. The van der Waals surface area contributed by atoms with Gasteiger partial charge in [-0.3, -0.25) is 10.00 Å². The van der Waals surface area contributed by atoms with Crippen LogP contribution < -0.4 is 5.73 Å². The number of nitrogens with two attached hydrogens (primary N) is 1. The second-order valence-electron chi connectivity index (χ2n) is 4.98. The molecule has 0 aliphatic carbocycles. The van der Waals surface area contributed by atoms with Crippen LogP contribution in [0, 0.1) is 0 Å². The van der Waals surface area contributed by atoms with E-state index in [1.165, 1.54) is 6.42 Å². The fraction of sp³-hybridized carbons (Fsp3) is 0.818. The molecule has 3 N–H and O–H groups in total. The van der Waals surface area contributed by atoms with Crippen molar-refractivity contribution in [3.63, 3.8) is 0 Å². The Bertz CT molecular complexity index is 361. The van der Waals surface area contributed by atoms with Gasteiger partial charge in [0.1, 0.15) is 5.82 Å². The molecule has 2 heterocycles. The largest absolute Gasteiger partial charge is 0.321 e. The van der Waals surface area contributed by atoms with E-state index in [0.717, 1.165) is 25.5 Å². The third-order valence-electron chi connectivity index (χ3n) is 3.31. The van der Waals surface area contributed by atoms with Crippen LogP contribution in [0.25, 0.3) is 0 Å². The second-order valence-corrected chi connectivity index (χ2v) is 4.98. The van der Waals surface area contributed by atoms with E-state index in [1.807, 2.05) is 6.92 Å². The van der Waals surface area contributed by atoms with Gasteiger partial charge in [0.2, 0.25) is 0 Å². The van der Waals surface area contributed by atoms with E-state index in [0.29, 0.717) is 5.82 Å². The number of hydrogen-bond acceptors (Lipinski definition) is 5. The Hall–Kier alpha value is -0.980. The summed E-state index contributed by atoms with van der Waals surface area (Å²) in [5.41, 5.74) is 5.78. The fourth-order valence-electron chi connectivity index (χ4n) is 2.21. The Balaban J connectivity index is 2.17. The molecule has 1 aliphatic heterocycles. The van der Waals surface area contributed by atoms with Gasteiger partial charge in [-0.2, -0.15) is 5.10 Å². The average Bonchev–Trinajstić information content (AvgIpc) is 2.68. The van der Waals surface area contributed by atoms with E-state index in [1.54, 1.807) is 0 Å². The molecule has 2 atom stereocenters.